The predicted octanol–water partition coefficient (Wildman–Crippen LogP) is 4.19. The van der Waals surface area contributed by atoms with E-state index in [-0.39, 0.29) is 19.4 Å². The van der Waals surface area contributed by atoms with Gasteiger partial charge in [0.15, 0.2) is 0 Å². The Bertz CT molecular complexity index is 974. The first-order chi connectivity index (χ1) is 15.2. The van der Waals surface area contributed by atoms with Crippen LogP contribution >= 0.6 is 23.2 Å². The molecule has 32 heavy (non-hydrogen) atoms. The van der Waals surface area contributed by atoms with Crippen molar-refractivity contribution in [3.8, 4) is 5.75 Å². The van der Waals surface area contributed by atoms with Crippen molar-refractivity contribution >= 4 is 41.0 Å². The first-order valence-corrected chi connectivity index (χ1v) is 10.9. The van der Waals surface area contributed by atoms with Crippen molar-refractivity contribution in [3.05, 3.63) is 63.6 Å². The third-order valence-corrected chi connectivity index (χ3v) is 6.28. The summed E-state index contributed by atoms with van der Waals surface area (Å²) in [6.45, 7) is 0.185. The normalized spacial score (nSPS) is 18.7. The van der Waals surface area contributed by atoms with Gasteiger partial charge >= 0.3 is 11.9 Å². The number of carboxylic acid groups (broad SMARTS) is 2. The molecule has 9 heteroatoms. The Kier molecular flexibility index (Phi) is 7.99. The van der Waals surface area contributed by atoms with Crippen LogP contribution in [0, 0.1) is 11.8 Å². The van der Waals surface area contributed by atoms with Gasteiger partial charge in [-0.2, -0.15) is 0 Å². The average Bonchev–Trinajstić information content (AvgIpc) is 3.25. The molecule has 0 aromatic heterocycles. The molecular weight excluding hydrogens is 457 g/mol. The molecular formula is C23H23Cl2NO6. The Hall–Kier alpha value is -2.77. The summed E-state index contributed by atoms with van der Waals surface area (Å²) in [5.74, 6) is -2.97. The topological polar surface area (TPSA) is 113 Å². The fraction of sp³-hybridized carbons (Fsp3) is 0.348. The van der Waals surface area contributed by atoms with E-state index in [4.69, 9.17) is 33.0 Å². The van der Waals surface area contributed by atoms with Gasteiger partial charge in [0.2, 0.25) is 5.91 Å². The number of benzene rings is 2. The standard InChI is InChI=1S/C23H23Cl2NO6/c24-18-2-1-3-19(25)17(18)12-32-16-8-4-13(5-9-16)10-20(23(30)31)26-21(27)14-6-7-15(11-14)22(28)29/h1-5,8-9,14-15,20H,6-7,10-12H2,(H,26,27)(H,28,29)(H,30,31)/t14-,15+,20-/m0/s1. The number of amides is 1. The van der Waals surface area contributed by atoms with Crippen LogP contribution in [0.1, 0.15) is 30.4 Å². The highest BCUT2D eigenvalue weighted by molar-refractivity contribution is 6.35. The zero-order chi connectivity index (χ0) is 23.3. The summed E-state index contributed by atoms with van der Waals surface area (Å²) in [6.07, 6.45) is 1.18. The number of halogens is 2. The van der Waals surface area contributed by atoms with Gasteiger partial charge in [0.1, 0.15) is 18.4 Å². The molecule has 0 aliphatic heterocycles. The smallest absolute Gasteiger partial charge is 0.326 e. The lowest BCUT2D eigenvalue weighted by Gasteiger charge is -2.18. The Labute approximate surface area is 195 Å². The van der Waals surface area contributed by atoms with E-state index in [0.29, 0.717) is 39.8 Å². The Morgan fingerprint density at radius 3 is 2.19 bits per heavy atom. The highest BCUT2D eigenvalue weighted by atomic mass is 35.5. The van der Waals surface area contributed by atoms with Gasteiger partial charge < -0.3 is 20.3 Å². The molecule has 0 heterocycles. The molecule has 1 fully saturated rings. The molecule has 1 aliphatic carbocycles. The van der Waals surface area contributed by atoms with Crippen LogP contribution in [0.4, 0.5) is 0 Å². The second-order valence-electron chi connectivity index (χ2n) is 7.78. The van der Waals surface area contributed by atoms with E-state index in [1.54, 1.807) is 42.5 Å². The molecule has 1 aliphatic rings. The lowest BCUT2D eigenvalue weighted by molar-refractivity contribution is -0.143. The number of carboxylic acids is 2. The molecule has 0 saturated heterocycles. The van der Waals surface area contributed by atoms with Gasteiger partial charge in [-0.15, -0.1) is 0 Å². The van der Waals surface area contributed by atoms with E-state index in [1.165, 1.54) is 0 Å². The summed E-state index contributed by atoms with van der Waals surface area (Å²) in [6, 6.07) is 10.9. The number of hydrogen-bond acceptors (Lipinski definition) is 4. The van der Waals surface area contributed by atoms with E-state index in [2.05, 4.69) is 5.32 Å². The van der Waals surface area contributed by atoms with Gasteiger partial charge in [0, 0.05) is 27.9 Å². The lowest BCUT2D eigenvalue weighted by Crippen LogP contribution is -2.44. The predicted molar refractivity (Wildman–Crippen MR) is 119 cm³/mol. The number of ether oxygens (including phenoxy) is 1. The fourth-order valence-corrected chi connectivity index (χ4v) is 4.22. The molecule has 7 nitrogen and oxygen atoms in total. The van der Waals surface area contributed by atoms with Crippen LogP contribution in [0.15, 0.2) is 42.5 Å². The number of nitrogens with one attached hydrogen (secondary N) is 1. The molecule has 3 rings (SSSR count). The lowest BCUT2D eigenvalue weighted by atomic mass is 10.0. The Morgan fingerprint density at radius 2 is 1.62 bits per heavy atom. The minimum atomic E-state index is -1.15. The first kappa shape index (κ1) is 23.9. The number of carbonyl (C=O) groups excluding carboxylic acids is 1. The van der Waals surface area contributed by atoms with E-state index in [1.807, 2.05) is 0 Å². The van der Waals surface area contributed by atoms with Gasteiger partial charge in [-0.3, -0.25) is 9.59 Å². The summed E-state index contributed by atoms with van der Waals surface area (Å²) >= 11 is 12.3. The van der Waals surface area contributed by atoms with Gasteiger partial charge in [-0.25, -0.2) is 4.79 Å². The average molecular weight is 480 g/mol. The Balaban J connectivity index is 1.57. The highest BCUT2D eigenvalue weighted by Gasteiger charge is 2.35. The van der Waals surface area contributed by atoms with Crippen LogP contribution in [0.2, 0.25) is 10.0 Å². The van der Waals surface area contributed by atoms with Crippen molar-refractivity contribution in [3.63, 3.8) is 0 Å². The summed E-state index contributed by atoms with van der Waals surface area (Å²) in [4.78, 5) is 35.2. The van der Waals surface area contributed by atoms with Crippen molar-refractivity contribution < 1.29 is 29.3 Å². The third kappa shape index (κ3) is 6.14. The molecule has 2 aromatic carbocycles. The maximum absolute atomic E-state index is 12.4. The molecule has 1 saturated carbocycles. The number of aliphatic carboxylic acids is 2. The molecule has 2 aromatic rings. The number of carbonyl (C=O) groups is 3. The van der Waals surface area contributed by atoms with Crippen LogP contribution in [0.25, 0.3) is 0 Å². The van der Waals surface area contributed by atoms with Gasteiger partial charge in [0.25, 0.3) is 0 Å². The Morgan fingerprint density at radius 1 is 1.00 bits per heavy atom. The van der Waals surface area contributed by atoms with E-state index >= 15 is 0 Å². The maximum atomic E-state index is 12.4. The van der Waals surface area contributed by atoms with Crippen LogP contribution in [-0.4, -0.2) is 34.1 Å². The van der Waals surface area contributed by atoms with Gasteiger partial charge in [0.05, 0.1) is 5.92 Å². The summed E-state index contributed by atoms with van der Waals surface area (Å²) in [5.41, 5.74) is 1.38. The number of hydrogen-bond donors (Lipinski definition) is 3. The molecule has 1 amide bonds. The minimum Gasteiger partial charge on any atom is -0.489 e. The monoisotopic (exact) mass is 479 g/mol. The van der Waals surface area contributed by atoms with Crippen LogP contribution in [0.5, 0.6) is 5.75 Å². The quantitative estimate of drug-likeness (QED) is 0.496. The first-order valence-electron chi connectivity index (χ1n) is 10.1. The van der Waals surface area contributed by atoms with E-state index < -0.39 is 35.7 Å². The SMILES string of the molecule is O=C(O)[C@@H]1CC[C@H](C(=O)N[C@@H](Cc2ccc(OCc3c(Cl)cccc3Cl)cc2)C(=O)O)C1. The van der Waals surface area contributed by atoms with Crippen molar-refractivity contribution in [2.45, 2.75) is 38.3 Å². The minimum absolute atomic E-state index is 0.0901. The molecule has 170 valence electrons. The molecule has 0 bridgehead atoms. The molecule has 0 radical (unpaired) electrons. The van der Waals surface area contributed by atoms with E-state index in [9.17, 15) is 19.5 Å². The van der Waals surface area contributed by atoms with Crippen molar-refractivity contribution in [2.24, 2.45) is 11.8 Å². The molecule has 0 spiro atoms. The molecule has 0 unspecified atom stereocenters. The van der Waals surface area contributed by atoms with Crippen LogP contribution in [-0.2, 0) is 27.4 Å². The largest absolute Gasteiger partial charge is 0.489 e. The molecule has 3 N–H and O–H groups in total. The zero-order valence-electron chi connectivity index (χ0n) is 17.1. The fourth-order valence-electron chi connectivity index (χ4n) is 3.72. The second-order valence-corrected chi connectivity index (χ2v) is 8.60. The third-order valence-electron chi connectivity index (χ3n) is 5.58. The maximum Gasteiger partial charge on any atom is 0.326 e. The summed E-state index contributed by atoms with van der Waals surface area (Å²) in [7, 11) is 0. The summed E-state index contributed by atoms with van der Waals surface area (Å²) in [5, 5.41) is 22.2. The van der Waals surface area contributed by atoms with E-state index in [0.717, 1.165) is 0 Å². The second kappa shape index (κ2) is 10.7. The van der Waals surface area contributed by atoms with Crippen LogP contribution < -0.4 is 10.1 Å². The van der Waals surface area contributed by atoms with Crippen LogP contribution in [0.3, 0.4) is 0 Å². The van der Waals surface area contributed by atoms with Crippen molar-refractivity contribution in [2.75, 3.05) is 0 Å². The zero-order valence-corrected chi connectivity index (χ0v) is 18.6. The van der Waals surface area contributed by atoms with Crippen molar-refractivity contribution in [1.29, 1.82) is 0 Å². The summed E-state index contributed by atoms with van der Waals surface area (Å²) < 4.78 is 5.72. The molecule has 3 atom stereocenters. The van der Waals surface area contributed by atoms with Crippen molar-refractivity contribution in [1.82, 2.24) is 5.32 Å². The number of rotatable bonds is 9. The highest BCUT2D eigenvalue weighted by Crippen LogP contribution is 2.31. The van der Waals surface area contributed by atoms with Gasteiger partial charge in [-0.1, -0.05) is 41.4 Å². The van der Waals surface area contributed by atoms with Gasteiger partial charge in [-0.05, 0) is 49.1 Å².